The third-order valence-electron chi connectivity index (χ3n) is 2.32. The van der Waals surface area contributed by atoms with E-state index in [-0.39, 0.29) is 51.2 Å². The van der Waals surface area contributed by atoms with Crippen molar-refractivity contribution in [1.29, 1.82) is 0 Å². The third kappa shape index (κ3) is 5.96. The van der Waals surface area contributed by atoms with Crippen molar-refractivity contribution >= 4 is 11.8 Å². The fourth-order valence-electron chi connectivity index (χ4n) is 0.853. The Balaban J connectivity index is 4.00. The number of hydrogen-bond donors (Lipinski definition) is 2. The van der Waals surface area contributed by atoms with Gasteiger partial charge in [-0.15, -0.1) is 0 Å². The molecule has 0 aromatic carbocycles. The Morgan fingerprint density at radius 2 is 1.87 bits per heavy atom. The minimum atomic E-state index is -0.255. The van der Waals surface area contributed by atoms with Gasteiger partial charge in [0, 0.05) is 0 Å². The van der Waals surface area contributed by atoms with Gasteiger partial charge in [-0.3, -0.25) is 0 Å². The maximum atomic E-state index is 11.6. The number of carbonyl (C=O) groups excluding carboxylic acids is 2. The summed E-state index contributed by atoms with van der Waals surface area (Å²) >= 11 is -0.255. The minimum absolute atomic E-state index is 0.0630. The first-order chi connectivity index (χ1) is 6.79. The van der Waals surface area contributed by atoms with Crippen molar-refractivity contribution in [1.82, 2.24) is 8.85 Å². The van der Waals surface area contributed by atoms with Gasteiger partial charge in [0.05, 0.1) is 0 Å². The topological polar surface area (TPSA) is 58.2 Å². The predicted molar refractivity (Wildman–Crippen MR) is 55.7 cm³/mol. The summed E-state index contributed by atoms with van der Waals surface area (Å²) in [5, 5.41) is 2.64. The predicted octanol–water partition coefficient (Wildman–Crippen LogP) is -2.47. The van der Waals surface area contributed by atoms with E-state index in [1.54, 1.807) is 0 Å². The molecule has 0 fully saturated rings. The Hall–Kier alpha value is -0.330. The molecule has 0 saturated heterocycles. The van der Waals surface area contributed by atoms with Gasteiger partial charge < -0.3 is 0 Å². The molecule has 1 atom stereocenters. The van der Waals surface area contributed by atoms with Gasteiger partial charge in [0.15, 0.2) is 0 Å². The molecule has 0 aromatic rings. The van der Waals surface area contributed by atoms with Gasteiger partial charge in [-0.25, -0.2) is 0 Å². The molecule has 5 heteroatoms. The van der Waals surface area contributed by atoms with Gasteiger partial charge in [-0.05, 0) is 0 Å². The van der Waals surface area contributed by atoms with Crippen LogP contribution in [0.5, 0.6) is 0 Å². The van der Waals surface area contributed by atoms with Crippen molar-refractivity contribution in [3.05, 3.63) is 0 Å². The van der Waals surface area contributed by atoms with Crippen LogP contribution in [0.1, 0.15) is 27.7 Å². The number of nitrogens with one attached hydrogen (secondary N) is 2. The molecule has 0 heterocycles. The molecule has 0 saturated carbocycles. The fraction of sp³-hybridized carbons (Fsp3) is 0.800. The maximum absolute atomic E-state index is 11.6. The molecule has 15 heavy (non-hydrogen) atoms. The van der Waals surface area contributed by atoms with Crippen LogP contribution < -0.4 is 30.3 Å². The first-order valence-corrected chi connectivity index (χ1v) is 8.07. The standard InChI is InChI=1S/C10H20IN2O2/c1-7(10(2,3)4)9(15)12-6-8(14)13-11-5/h7H,6H2,1-5H3,(H,12,15)(H,13,14)/q-1/t7-/m1/s1. The molecular weight excluding hydrogens is 307 g/mol. The normalized spacial score (nSPS) is 13.4. The summed E-state index contributed by atoms with van der Waals surface area (Å²) in [6, 6.07) is 0. The molecule has 2 N–H and O–H groups in total. The van der Waals surface area contributed by atoms with Crippen molar-refractivity contribution in [2.24, 2.45) is 11.3 Å². The SMILES string of the molecule is C[I-]NC(=O)CNC(=O)[C@@H](C)C(C)(C)C. The summed E-state index contributed by atoms with van der Waals surface area (Å²) in [5.74, 6) is -0.256. The van der Waals surface area contributed by atoms with E-state index in [2.05, 4.69) is 8.85 Å². The zero-order valence-electron chi connectivity index (χ0n) is 9.98. The molecule has 0 aromatic heterocycles. The van der Waals surface area contributed by atoms with Crippen LogP contribution in [0.4, 0.5) is 0 Å². The van der Waals surface area contributed by atoms with Gasteiger partial charge in [-0.1, -0.05) is 0 Å². The molecular formula is C10H20IN2O2-. The molecule has 4 nitrogen and oxygen atoms in total. The number of carbonyl (C=O) groups is 2. The molecule has 0 radical (unpaired) electrons. The van der Waals surface area contributed by atoms with E-state index >= 15 is 0 Å². The number of hydrogen-bond acceptors (Lipinski definition) is 2. The molecule has 0 spiro atoms. The van der Waals surface area contributed by atoms with Crippen LogP contribution in [0.3, 0.4) is 0 Å². The first-order valence-electron chi connectivity index (χ1n) is 4.84. The average molecular weight is 327 g/mol. The monoisotopic (exact) mass is 327 g/mol. The van der Waals surface area contributed by atoms with Crippen LogP contribution in [-0.4, -0.2) is 23.3 Å². The number of halogens is 1. The molecule has 2 amide bonds. The third-order valence-corrected chi connectivity index (χ3v) is 3.46. The summed E-state index contributed by atoms with van der Waals surface area (Å²) in [4.78, 5) is 24.7. The summed E-state index contributed by atoms with van der Waals surface area (Å²) in [6.07, 6.45) is 0. The van der Waals surface area contributed by atoms with Crippen molar-refractivity contribution in [2.45, 2.75) is 27.7 Å². The summed E-state index contributed by atoms with van der Waals surface area (Å²) in [5.41, 5.74) is -0.0712. The van der Waals surface area contributed by atoms with Crippen LogP contribution in [-0.2, 0) is 9.59 Å². The number of amides is 2. The van der Waals surface area contributed by atoms with Crippen LogP contribution in [0, 0.1) is 11.3 Å². The Morgan fingerprint density at radius 1 is 1.33 bits per heavy atom. The van der Waals surface area contributed by atoms with E-state index in [1.165, 1.54) is 0 Å². The van der Waals surface area contributed by atoms with Crippen molar-refractivity contribution in [3.63, 3.8) is 0 Å². The second-order valence-electron chi connectivity index (χ2n) is 4.51. The van der Waals surface area contributed by atoms with Gasteiger partial charge in [0.1, 0.15) is 0 Å². The van der Waals surface area contributed by atoms with Crippen LogP contribution >= 0.6 is 0 Å². The van der Waals surface area contributed by atoms with Gasteiger partial charge in [0.25, 0.3) is 0 Å². The van der Waals surface area contributed by atoms with E-state index in [4.69, 9.17) is 0 Å². The zero-order chi connectivity index (χ0) is 12.1. The van der Waals surface area contributed by atoms with E-state index in [0.717, 1.165) is 0 Å². The second kappa shape index (κ2) is 6.30. The van der Waals surface area contributed by atoms with Gasteiger partial charge >= 0.3 is 102 Å². The summed E-state index contributed by atoms with van der Waals surface area (Å²) in [7, 11) is 0. The van der Waals surface area contributed by atoms with Crippen LogP contribution in [0.2, 0.25) is 0 Å². The van der Waals surface area contributed by atoms with Crippen molar-refractivity contribution in [3.8, 4) is 0 Å². The summed E-state index contributed by atoms with van der Waals surface area (Å²) in [6.45, 7) is 7.99. The van der Waals surface area contributed by atoms with E-state index in [0.29, 0.717) is 0 Å². The molecule has 0 rings (SSSR count). The Kier molecular flexibility index (Phi) is 6.16. The fourth-order valence-corrected chi connectivity index (χ4v) is 1.64. The Labute approximate surface area is 102 Å². The molecule has 0 bridgehead atoms. The molecule has 0 unspecified atom stereocenters. The van der Waals surface area contributed by atoms with E-state index in [1.807, 2.05) is 32.6 Å². The quantitative estimate of drug-likeness (QED) is 0.342. The Morgan fingerprint density at radius 3 is 2.27 bits per heavy atom. The average Bonchev–Trinajstić information content (AvgIpc) is 2.12. The van der Waals surface area contributed by atoms with Crippen molar-refractivity contribution in [2.75, 3.05) is 11.5 Å². The first kappa shape index (κ1) is 14.7. The van der Waals surface area contributed by atoms with E-state index < -0.39 is 0 Å². The molecule has 90 valence electrons. The molecule has 0 aliphatic carbocycles. The molecule has 0 aliphatic heterocycles. The van der Waals surface area contributed by atoms with Crippen molar-refractivity contribution < 1.29 is 31.1 Å². The Bertz CT molecular complexity index is 236. The summed E-state index contributed by atoms with van der Waals surface area (Å²) < 4.78 is 2.73. The number of alkyl halides is 1. The van der Waals surface area contributed by atoms with E-state index in [9.17, 15) is 9.59 Å². The zero-order valence-corrected chi connectivity index (χ0v) is 12.1. The van der Waals surface area contributed by atoms with Gasteiger partial charge in [0.2, 0.25) is 0 Å². The van der Waals surface area contributed by atoms with Crippen LogP contribution in [0.25, 0.3) is 0 Å². The van der Waals surface area contributed by atoms with Crippen LogP contribution in [0.15, 0.2) is 0 Å². The number of rotatable bonds is 4. The second-order valence-corrected chi connectivity index (χ2v) is 6.13. The molecule has 0 aliphatic rings. The van der Waals surface area contributed by atoms with Gasteiger partial charge in [-0.2, -0.15) is 0 Å².